The van der Waals surface area contributed by atoms with Gasteiger partial charge in [-0.1, -0.05) is 31.5 Å². The van der Waals surface area contributed by atoms with Crippen LogP contribution in [0.5, 0.6) is 0 Å². The second kappa shape index (κ2) is 7.79. The van der Waals surface area contributed by atoms with E-state index < -0.39 is 0 Å². The van der Waals surface area contributed by atoms with Gasteiger partial charge >= 0.3 is 0 Å². The van der Waals surface area contributed by atoms with Crippen LogP contribution < -0.4 is 10.2 Å². The number of rotatable bonds is 7. The van der Waals surface area contributed by atoms with Gasteiger partial charge in [0.1, 0.15) is 5.82 Å². The topological polar surface area (TPSA) is 15.3 Å². The maximum Gasteiger partial charge on any atom is 0.125 e. The molecular formula is C18H23FN2. The fraction of sp³-hybridized carbons (Fsp3) is 0.333. The van der Waals surface area contributed by atoms with Crippen molar-refractivity contribution in [3.8, 4) is 0 Å². The van der Waals surface area contributed by atoms with Crippen molar-refractivity contribution in [3.63, 3.8) is 0 Å². The van der Waals surface area contributed by atoms with Crippen molar-refractivity contribution in [2.24, 2.45) is 0 Å². The highest BCUT2D eigenvalue weighted by atomic mass is 19.1. The van der Waals surface area contributed by atoms with Crippen LogP contribution in [0.15, 0.2) is 48.5 Å². The molecule has 0 heterocycles. The summed E-state index contributed by atoms with van der Waals surface area (Å²) in [4.78, 5) is 2.19. The molecule has 0 bridgehead atoms. The number of nitrogens with zero attached hydrogens (tertiary/aromatic N) is 1. The van der Waals surface area contributed by atoms with Crippen LogP contribution in [0.2, 0.25) is 0 Å². The highest BCUT2D eigenvalue weighted by molar-refractivity contribution is 5.63. The maximum absolute atomic E-state index is 13.9. The van der Waals surface area contributed by atoms with Crippen molar-refractivity contribution in [3.05, 3.63) is 59.9 Å². The van der Waals surface area contributed by atoms with E-state index in [0.717, 1.165) is 36.3 Å². The molecule has 0 atom stereocenters. The second-order valence-corrected chi connectivity index (χ2v) is 5.19. The largest absolute Gasteiger partial charge is 0.341 e. The van der Waals surface area contributed by atoms with Gasteiger partial charge in [-0.25, -0.2) is 4.39 Å². The molecule has 0 aliphatic heterocycles. The Morgan fingerprint density at radius 2 is 1.81 bits per heavy atom. The van der Waals surface area contributed by atoms with E-state index in [1.165, 1.54) is 0 Å². The summed E-state index contributed by atoms with van der Waals surface area (Å²) in [5.41, 5.74) is 2.98. The van der Waals surface area contributed by atoms with E-state index in [9.17, 15) is 4.39 Å². The Kier molecular flexibility index (Phi) is 5.76. The average molecular weight is 286 g/mol. The lowest BCUT2D eigenvalue weighted by atomic mass is 10.1. The number of benzene rings is 2. The van der Waals surface area contributed by atoms with Crippen LogP contribution in [0.1, 0.15) is 25.3 Å². The molecular weight excluding hydrogens is 263 g/mol. The minimum Gasteiger partial charge on any atom is -0.341 e. The molecule has 0 aliphatic carbocycles. The third kappa shape index (κ3) is 4.30. The molecule has 112 valence electrons. The Labute approximate surface area is 126 Å². The molecule has 2 aromatic carbocycles. The zero-order valence-electron chi connectivity index (χ0n) is 12.8. The number of hydrogen-bond acceptors (Lipinski definition) is 2. The summed E-state index contributed by atoms with van der Waals surface area (Å²) >= 11 is 0. The van der Waals surface area contributed by atoms with E-state index in [1.807, 2.05) is 25.2 Å². The summed E-state index contributed by atoms with van der Waals surface area (Å²) < 4.78 is 13.9. The Morgan fingerprint density at radius 1 is 1.05 bits per heavy atom. The summed E-state index contributed by atoms with van der Waals surface area (Å²) in [6.45, 7) is 3.73. The first-order valence-electron chi connectivity index (χ1n) is 7.51. The molecule has 0 aromatic heterocycles. The van der Waals surface area contributed by atoms with Crippen molar-refractivity contribution in [1.29, 1.82) is 0 Å². The van der Waals surface area contributed by atoms with Gasteiger partial charge in [0.15, 0.2) is 0 Å². The fourth-order valence-electron chi connectivity index (χ4n) is 2.43. The Hall–Kier alpha value is -1.87. The van der Waals surface area contributed by atoms with Crippen LogP contribution in [-0.2, 0) is 6.54 Å². The smallest absolute Gasteiger partial charge is 0.125 e. The van der Waals surface area contributed by atoms with Gasteiger partial charge in [-0.3, -0.25) is 0 Å². The van der Waals surface area contributed by atoms with Crippen molar-refractivity contribution in [2.45, 2.75) is 26.3 Å². The molecule has 2 aromatic rings. The quantitative estimate of drug-likeness (QED) is 0.807. The molecule has 21 heavy (non-hydrogen) atoms. The van der Waals surface area contributed by atoms with Gasteiger partial charge in [0.25, 0.3) is 0 Å². The zero-order chi connectivity index (χ0) is 15.1. The first-order valence-corrected chi connectivity index (χ1v) is 7.51. The van der Waals surface area contributed by atoms with Crippen LogP contribution >= 0.6 is 0 Å². The predicted molar refractivity (Wildman–Crippen MR) is 87.5 cm³/mol. The minimum absolute atomic E-state index is 0.185. The van der Waals surface area contributed by atoms with Crippen LogP contribution in [0.25, 0.3) is 0 Å². The van der Waals surface area contributed by atoms with E-state index in [4.69, 9.17) is 0 Å². The number of hydrogen-bond donors (Lipinski definition) is 1. The van der Waals surface area contributed by atoms with Crippen LogP contribution in [0.4, 0.5) is 15.8 Å². The predicted octanol–water partition coefficient (Wildman–Crippen LogP) is 4.48. The molecule has 2 rings (SSSR count). The Morgan fingerprint density at radius 3 is 2.48 bits per heavy atom. The highest BCUT2D eigenvalue weighted by Crippen LogP contribution is 2.27. The Bertz CT molecular complexity index is 554. The normalized spacial score (nSPS) is 10.6. The summed E-state index contributed by atoms with van der Waals surface area (Å²) in [6, 6.07) is 15.4. The molecule has 0 saturated heterocycles. The van der Waals surface area contributed by atoms with Gasteiger partial charge in [-0.2, -0.15) is 0 Å². The van der Waals surface area contributed by atoms with E-state index >= 15 is 0 Å². The molecule has 0 unspecified atom stereocenters. The van der Waals surface area contributed by atoms with Gasteiger partial charge in [-0.15, -0.1) is 0 Å². The maximum atomic E-state index is 13.9. The average Bonchev–Trinajstić information content (AvgIpc) is 2.48. The SMILES string of the molecule is CCCCN(c1ccccc1)c1cc(F)cc(CNC)c1. The Balaban J connectivity index is 2.36. The molecule has 0 saturated carbocycles. The minimum atomic E-state index is -0.185. The molecule has 0 fully saturated rings. The standard InChI is InChI=1S/C18H23FN2/c1-3-4-10-21(17-8-6-5-7-9-17)18-12-15(14-20-2)11-16(19)13-18/h5-9,11-13,20H,3-4,10,14H2,1-2H3. The third-order valence-corrected chi connectivity index (χ3v) is 3.44. The molecule has 3 heteroatoms. The van der Waals surface area contributed by atoms with E-state index in [0.29, 0.717) is 6.54 Å². The summed E-state index contributed by atoms with van der Waals surface area (Å²) in [7, 11) is 1.87. The van der Waals surface area contributed by atoms with Gasteiger partial charge in [0, 0.05) is 24.5 Å². The van der Waals surface area contributed by atoms with Crippen LogP contribution in [0, 0.1) is 5.82 Å². The van der Waals surface area contributed by atoms with Crippen LogP contribution in [0.3, 0.4) is 0 Å². The lowest BCUT2D eigenvalue weighted by molar-refractivity contribution is 0.623. The van der Waals surface area contributed by atoms with E-state index in [-0.39, 0.29) is 5.82 Å². The highest BCUT2D eigenvalue weighted by Gasteiger charge is 2.11. The first-order chi connectivity index (χ1) is 10.2. The van der Waals surface area contributed by atoms with Crippen molar-refractivity contribution in [2.75, 3.05) is 18.5 Å². The number of unbranched alkanes of at least 4 members (excludes halogenated alkanes) is 1. The molecule has 0 radical (unpaired) electrons. The molecule has 0 spiro atoms. The van der Waals surface area contributed by atoms with Gasteiger partial charge in [-0.05, 0) is 49.4 Å². The van der Waals surface area contributed by atoms with Crippen molar-refractivity contribution >= 4 is 11.4 Å². The third-order valence-electron chi connectivity index (χ3n) is 3.44. The van der Waals surface area contributed by atoms with E-state index in [1.54, 1.807) is 12.1 Å². The summed E-state index contributed by atoms with van der Waals surface area (Å²) in [5, 5.41) is 3.08. The van der Waals surface area contributed by atoms with E-state index in [2.05, 4.69) is 35.3 Å². The lowest BCUT2D eigenvalue weighted by Gasteiger charge is -2.25. The van der Waals surface area contributed by atoms with Crippen molar-refractivity contribution in [1.82, 2.24) is 5.32 Å². The number of para-hydroxylation sites is 1. The fourth-order valence-corrected chi connectivity index (χ4v) is 2.43. The van der Waals surface area contributed by atoms with Gasteiger partial charge < -0.3 is 10.2 Å². The number of halogens is 1. The molecule has 0 amide bonds. The lowest BCUT2D eigenvalue weighted by Crippen LogP contribution is -2.19. The van der Waals surface area contributed by atoms with Crippen molar-refractivity contribution < 1.29 is 4.39 Å². The zero-order valence-corrected chi connectivity index (χ0v) is 12.8. The van der Waals surface area contributed by atoms with Gasteiger partial charge in [0.05, 0.1) is 0 Å². The monoisotopic (exact) mass is 286 g/mol. The summed E-state index contributed by atoms with van der Waals surface area (Å²) in [6.07, 6.45) is 2.19. The second-order valence-electron chi connectivity index (χ2n) is 5.19. The number of nitrogens with one attached hydrogen (secondary N) is 1. The number of anilines is 2. The van der Waals surface area contributed by atoms with Crippen LogP contribution in [-0.4, -0.2) is 13.6 Å². The summed E-state index contributed by atoms with van der Waals surface area (Å²) in [5.74, 6) is -0.185. The molecule has 1 N–H and O–H groups in total. The first kappa shape index (κ1) is 15.5. The molecule has 0 aliphatic rings. The molecule has 2 nitrogen and oxygen atoms in total. The van der Waals surface area contributed by atoms with Gasteiger partial charge in [0.2, 0.25) is 0 Å².